The maximum Gasteiger partial charge on any atom is 0.362 e. The van der Waals surface area contributed by atoms with Gasteiger partial charge in [0.05, 0.1) is 34.4 Å². The van der Waals surface area contributed by atoms with Crippen molar-refractivity contribution in [2.45, 2.75) is 231 Å². The number of quaternary nitrogens is 1. The zero-order valence-electron chi connectivity index (χ0n) is 38.1. The standard InChI is InChI=1S/C49H91NO7/c1-6-8-10-12-14-16-18-19-20-21-22-23-24-25-26-27-28-29-30-32-33-35-37-39-47(51)56-44-45(43-55-42-41-46(49(53)54)50(3,4)5)57-48(52)40-38-36-34-31-17-15-13-11-9-7-2/h13,15,25-26,45-46H,6-12,14,16-24,27-44H2,1-5H3/p+1/b15-13+,26-25+. The Balaban J connectivity index is 4.15. The molecule has 57 heavy (non-hydrogen) atoms. The van der Waals surface area contributed by atoms with Gasteiger partial charge < -0.3 is 23.8 Å². The van der Waals surface area contributed by atoms with Crippen LogP contribution in [0.2, 0.25) is 0 Å². The molecule has 0 heterocycles. The van der Waals surface area contributed by atoms with Gasteiger partial charge in [-0.05, 0) is 57.8 Å². The van der Waals surface area contributed by atoms with Crippen LogP contribution in [0.5, 0.6) is 0 Å². The molecule has 0 aromatic carbocycles. The smallest absolute Gasteiger partial charge is 0.362 e. The summed E-state index contributed by atoms with van der Waals surface area (Å²) in [6.07, 6.45) is 45.2. The Morgan fingerprint density at radius 2 is 0.895 bits per heavy atom. The van der Waals surface area contributed by atoms with Crippen LogP contribution in [0.25, 0.3) is 0 Å². The highest BCUT2D eigenvalue weighted by molar-refractivity contribution is 5.72. The molecule has 0 aliphatic carbocycles. The number of hydrogen-bond acceptors (Lipinski definition) is 6. The summed E-state index contributed by atoms with van der Waals surface area (Å²) in [7, 11) is 5.52. The van der Waals surface area contributed by atoms with Crippen LogP contribution in [0.4, 0.5) is 0 Å². The Morgan fingerprint density at radius 1 is 0.509 bits per heavy atom. The van der Waals surface area contributed by atoms with Gasteiger partial charge in [-0.1, -0.05) is 167 Å². The summed E-state index contributed by atoms with van der Waals surface area (Å²) in [6, 6.07) is -0.614. The van der Waals surface area contributed by atoms with E-state index in [4.69, 9.17) is 14.2 Å². The topological polar surface area (TPSA) is 99.1 Å². The molecule has 0 aliphatic rings. The first-order valence-corrected chi connectivity index (χ1v) is 23.9. The number of hydrogen-bond donors (Lipinski definition) is 1. The predicted molar refractivity (Wildman–Crippen MR) is 238 cm³/mol. The molecule has 0 fully saturated rings. The number of carboxylic acids is 1. The SMILES string of the molecule is CCCC/C=C/CCCCCCC(=O)OC(COCCC(C(=O)O)[N+](C)(C)C)COC(=O)CCCCCCCCC/C=C/CCCCCCCCCCCCCC. The van der Waals surface area contributed by atoms with Gasteiger partial charge in [0.2, 0.25) is 0 Å². The monoisotopic (exact) mass is 807 g/mol. The van der Waals surface area contributed by atoms with Gasteiger partial charge in [0.1, 0.15) is 6.61 Å². The van der Waals surface area contributed by atoms with Gasteiger partial charge in [-0.3, -0.25) is 9.59 Å². The number of carbonyl (C=O) groups is 3. The molecule has 8 heteroatoms. The van der Waals surface area contributed by atoms with Gasteiger partial charge in [0, 0.05) is 19.3 Å². The third kappa shape index (κ3) is 39.1. The lowest BCUT2D eigenvalue weighted by molar-refractivity contribution is -0.887. The number of allylic oxidation sites excluding steroid dienone is 4. The van der Waals surface area contributed by atoms with Crippen LogP contribution in [0.1, 0.15) is 219 Å². The summed E-state index contributed by atoms with van der Waals surface area (Å²) < 4.78 is 17.3. The van der Waals surface area contributed by atoms with Gasteiger partial charge in [-0.15, -0.1) is 0 Å². The highest BCUT2D eigenvalue weighted by atomic mass is 16.6. The lowest BCUT2D eigenvalue weighted by Gasteiger charge is -2.31. The second kappa shape index (κ2) is 40.6. The fraction of sp³-hybridized carbons (Fsp3) is 0.857. The van der Waals surface area contributed by atoms with Crippen molar-refractivity contribution in [2.75, 3.05) is 41.0 Å². The third-order valence-electron chi connectivity index (χ3n) is 10.8. The Morgan fingerprint density at radius 3 is 1.32 bits per heavy atom. The first-order chi connectivity index (χ1) is 27.6. The molecule has 334 valence electrons. The van der Waals surface area contributed by atoms with Gasteiger partial charge in [0.25, 0.3) is 0 Å². The zero-order valence-corrected chi connectivity index (χ0v) is 38.1. The van der Waals surface area contributed by atoms with Crippen LogP contribution >= 0.6 is 0 Å². The number of carboxylic acid groups (broad SMARTS) is 1. The number of esters is 2. The van der Waals surface area contributed by atoms with E-state index >= 15 is 0 Å². The van der Waals surface area contributed by atoms with Crippen molar-refractivity contribution in [3.05, 3.63) is 24.3 Å². The van der Waals surface area contributed by atoms with E-state index in [1.54, 1.807) is 0 Å². The van der Waals surface area contributed by atoms with Crippen molar-refractivity contribution in [2.24, 2.45) is 0 Å². The molecule has 0 spiro atoms. The molecule has 0 bridgehead atoms. The molecule has 0 saturated carbocycles. The maximum atomic E-state index is 12.7. The van der Waals surface area contributed by atoms with E-state index < -0.39 is 18.1 Å². The van der Waals surface area contributed by atoms with Crippen molar-refractivity contribution in [3.63, 3.8) is 0 Å². The molecule has 8 nitrogen and oxygen atoms in total. The molecule has 0 radical (unpaired) electrons. The van der Waals surface area contributed by atoms with Crippen molar-refractivity contribution < 1.29 is 38.2 Å². The molecule has 0 saturated heterocycles. The Bertz CT molecular complexity index is 989. The van der Waals surface area contributed by atoms with Crippen molar-refractivity contribution in [3.8, 4) is 0 Å². The maximum absolute atomic E-state index is 12.7. The zero-order chi connectivity index (χ0) is 42.1. The van der Waals surface area contributed by atoms with E-state index in [1.165, 1.54) is 128 Å². The van der Waals surface area contributed by atoms with Crippen molar-refractivity contribution in [1.82, 2.24) is 0 Å². The number of nitrogens with zero attached hydrogens (tertiary/aromatic N) is 1. The fourth-order valence-corrected chi connectivity index (χ4v) is 7.07. The third-order valence-corrected chi connectivity index (χ3v) is 10.8. The summed E-state index contributed by atoms with van der Waals surface area (Å²) in [6.45, 7) is 4.69. The normalized spacial score (nSPS) is 13.1. The molecule has 0 aromatic rings. The van der Waals surface area contributed by atoms with Gasteiger partial charge >= 0.3 is 17.9 Å². The number of rotatable bonds is 43. The van der Waals surface area contributed by atoms with Crippen molar-refractivity contribution >= 4 is 17.9 Å². The van der Waals surface area contributed by atoms with Crippen LogP contribution in [-0.4, -0.2) is 80.6 Å². The summed E-state index contributed by atoms with van der Waals surface area (Å²) >= 11 is 0. The van der Waals surface area contributed by atoms with E-state index in [0.29, 0.717) is 19.3 Å². The van der Waals surface area contributed by atoms with E-state index in [1.807, 2.05) is 21.1 Å². The first kappa shape index (κ1) is 54.8. The summed E-state index contributed by atoms with van der Waals surface area (Å²) in [5, 5.41) is 9.61. The summed E-state index contributed by atoms with van der Waals surface area (Å²) in [5.41, 5.74) is 0. The molecule has 2 atom stereocenters. The number of aliphatic carboxylic acids is 1. The van der Waals surface area contributed by atoms with E-state index in [0.717, 1.165) is 57.8 Å². The predicted octanol–water partition coefficient (Wildman–Crippen LogP) is 13.3. The highest BCUT2D eigenvalue weighted by Crippen LogP contribution is 2.15. The van der Waals surface area contributed by atoms with E-state index in [9.17, 15) is 19.5 Å². The van der Waals surface area contributed by atoms with Crippen LogP contribution in [0, 0.1) is 0 Å². The summed E-state index contributed by atoms with van der Waals surface area (Å²) in [5.74, 6) is -1.48. The molecule has 2 unspecified atom stereocenters. The number of likely N-dealkylation sites (N-methyl/N-ethyl adjacent to an activating group) is 1. The van der Waals surface area contributed by atoms with Crippen LogP contribution in [-0.2, 0) is 28.6 Å². The van der Waals surface area contributed by atoms with Gasteiger partial charge in [0.15, 0.2) is 12.1 Å². The molecule has 1 N–H and O–H groups in total. The van der Waals surface area contributed by atoms with Gasteiger partial charge in [-0.2, -0.15) is 0 Å². The number of unbranched alkanes of at least 4 members (excludes halogenated alkanes) is 25. The average molecular weight is 807 g/mol. The minimum Gasteiger partial charge on any atom is -0.477 e. The molecule has 0 amide bonds. The lowest BCUT2D eigenvalue weighted by atomic mass is 10.0. The Labute approximate surface area is 351 Å². The second-order valence-corrected chi connectivity index (χ2v) is 17.4. The van der Waals surface area contributed by atoms with Crippen molar-refractivity contribution in [1.29, 1.82) is 0 Å². The molecular formula is C49H92NO7+. The minimum absolute atomic E-state index is 0.0551. The highest BCUT2D eigenvalue weighted by Gasteiger charge is 2.31. The quantitative estimate of drug-likeness (QED) is 0.0283. The minimum atomic E-state index is -0.876. The van der Waals surface area contributed by atoms with Crippen LogP contribution in [0.15, 0.2) is 24.3 Å². The van der Waals surface area contributed by atoms with E-state index in [-0.39, 0.29) is 36.2 Å². The van der Waals surface area contributed by atoms with Crippen LogP contribution in [0.3, 0.4) is 0 Å². The van der Waals surface area contributed by atoms with Gasteiger partial charge in [-0.25, -0.2) is 4.79 Å². The Hall–Kier alpha value is -2.19. The van der Waals surface area contributed by atoms with Crippen LogP contribution < -0.4 is 0 Å². The number of carbonyl (C=O) groups excluding carboxylic acids is 2. The molecule has 0 aromatic heterocycles. The fourth-order valence-electron chi connectivity index (χ4n) is 7.07. The molecule has 0 aliphatic heterocycles. The summed E-state index contributed by atoms with van der Waals surface area (Å²) in [4.78, 5) is 36.9. The average Bonchev–Trinajstić information content (AvgIpc) is 3.17. The molecule has 0 rings (SSSR count). The number of ether oxygens (including phenoxy) is 3. The largest absolute Gasteiger partial charge is 0.477 e. The molecular weight excluding hydrogens is 715 g/mol. The Kier molecular flexibility index (Phi) is 39.0. The first-order valence-electron chi connectivity index (χ1n) is 23.9. The lowest BCUT2D eigenvalue weighted by Crippen LogP contribution is -2.50. The second-order valence-electron chi connectivity index (χ2n) is 17.4. The van der Waals surface area contributed by atoms with E-state index in [2.05, 4.69) is 38.2 Å².